The van der Waals surface area contributed by atoms with Crippen LogP contribution in [0.1, 0.15) is 18.1 Å². The van der Waals surface area contributed by atoms with Gasteiger partial charge in [0.15, 0.2) is 0 Å². The van der Waals surface area contributed by atoms with Crippen LogP contribution in [0.5, 0.6) is 11.5 Å². The van der Waals surface area contributed by atoms with Crippen LogP contribution in [0.4, 0.5) is 0 Å². The lowest BCUT2D eigenvalue weighted by Gasteiger charge is -2.15. The van der Waals surface area contributed by atoms with E-state index >= 15 is 0 Å². The second-order valence-corrected chi connectivity index (χ2v) is 6.52. The Hall–Kier alpha value is -2.01. The molecule has 24 heavy (non-hydrogen) atoms. The third-order valence-electron chi connectivity index (χ3n) is 3.66. The summed E-state index contributed by atoms with van der Waals surface area (Å²) in [6, 6.07) is 13.6. The van der Waals surface area contributed by atoms with Gasteiger partial charge in [-0.2, -0.15) is 0 Å². The standard InChI is InChI=1S/C19H22BrNO3/c1-13(9-14-5-4-6-16(10-14)23-2)21-19(22)12-15-7-8-18(24-3)17(20)11-15/h4-8,10-11,13H,9,12H2,1-3H3,(H,21,22). The highest BCUT2D eigenvalue weighted by molar-refractivity contribution is 9.10. The number of halogens is 1. The molecular formula is C19H22BrNO3. The molecule has 0 aliphatic rings. The number of hydrogen-bond donors (Lipinski definition) is 1. The first-order chi connectivity index (χ1) is 11.5. The summed E-state index contributed by atoms with van der Waals surface area (Å²) in [5.41, 5.74) is 2.07. The molecule has 5 heteroatoms. The molecule has 4 nitrogen and oxygen atoms in total. The largest absolute Gasteiger partial charge is 0.497 e. The zero-order valence-corrected chi connectivity index (χ0v) is 15.7. The summed E-state index contributed by atoms with van der Waals surface area (Å²) in [4.78, 5) is 12.2. The van der Waals surface area contributed by atoms with E-state index in [-0.39, 0.29) is 11.9 Å². The Kier molecular flexibility index (Phi) is 6.67. The van der Waals surface area contributed by atoms with E-state index in [1.165, 1.54) is 0 Å². The van der Waals surface area contributed by atoms with Crippen LogP contribution in [0.15, 0.2) is 46.9 Å². The Bertz CT molecular complexity index is 703. The molecule has 0 saturated heterocycles. The first-order valence-electron chi connectivity index (χ1n) is 7.76. The zero-order valence-electron chi connectivity index (χ0n) is 14.1. The van der Waals surface area contributed by atoms with Crippen molar-refractivity contribution in [1.82, 2.24) is 5.32 Å². The minimum absolute atomic E-state index is 0.00228. The molecule has 0 aromatic heterocycles. The highest BCUT2D eigenvalue weighted by Crippen LogP contribution is 2.25. The lowest BCUT2D eigenvalue weighted by atomic mass is 10.1. The van der Waals surface area contributed by atoms with E-state index in [1.807, 2.05) is 49.4 Å². The predicted octanol–water partition coefficient (Wildman–Crippen LogP) is 3.76. The molecule has 0 aliphatic carbocycles. The van der Waals surface area contributed by atoms with Gasteiger partial charge in [0, 0.05) is 6.04 Å². The van der Waals surface area contributed by atoms with E-state index in [4.69, 9.17) is 9.47 Å². The van der Waals surface area contributed by atoms with Crippen LogP contribution in [0.25, 0.3) is 0 Å². The summed E-state index contributed by atoms with van der Waals surface area (Å²) in [5.74, 6) is 1.59. The maximum absolute atomic E-state index is 12.2. The van der Waals surface area contributed by atoms with E-state index in [1.54, 1.807) is 14.2 Å². The number of amides is 1. The maximum Gasteiger partial charge on any atom is 0.224 e. The van der Waals surface area contributed by atoms with Crippen LogP contribution in [0, 0.1) is 0 Å². The van der Waals surface area contributed by atoms with Gasteiger partial charge in [-0.25, -0.2) is 0 Å². The molecule has 0 bridgehead atoms. The molecule has 0 fully saturated rings. The van der Waals surface area contributed by atoms with Crippen molar-refractivity contribution in [3.8, 4) is 11.5 Å². The van der Waals surface area contributed by atoms with Gasteiger partial charge in [0.1, 0.15) is 11.5 Å². The Labute approximate surface area is 151 Å². The van der Waals surface area contributed by atoms with Gasteiger partial charge in [0.25, 0.3) is 0 Å². The SMILES string of the molecule is COc1cccc(CC(C)NC(=O)Cc2ccc(OC)c(Br)c2)c1. The van der Waals surface area contributed by atoms with E-state index in [2.05, 4.69) is 21.2 Å². The number of hydrogen-bond acceptors (Lipinski definition) is 3. The van der Waals surface area contributed by atoms with Gasteiger partial charge in [-0.05, 0) is 64.7 Å². The number of rotatable bonds is 7. The molecule has 128 valence electrons. The lowest BCUT2D eigenvalue weighted by Crippen LogP contribution is -2.35. The molecule has 1 amide bonds. The van der Waals surface area contributed by atoms with Gasteiger partial charge in [0.2, 0.25) is 5.91 Å². The van der Waals surface area contributed by atoms with Crippen molar-refractivity contribution in [2.75, 3.05) is 14.2 Å². The van der Waals surface area contributed by atoms with E-state index in [9.17, 15) is 4.79 Å². The summed E-state index contributed by atoms with van der Waals surface area (Å²) < 4.78 is 11.3. The van der Waals surface area contributed by atoms with Gasteiger partial charge in [-0.1, -0.05) is 18.2 Å². The van der Waals surface area contributed by atoms with Gasteiger partial charge in [0.05, 0.1) is 25.1 Å². The lowest BCUT2D eigenvalue weighted by molar-refractivity contribution is -0.121. The predicted molar refractivity (Wildman–Crippen MR) is 98.7 cm³/mol. The third kappa shape index (κ3) is 5.27. The molecule has 0 heterocycles. The number of carbonyl (C=O) groups excluding carboxylic acids is 1. The monoisotopic (exact) mass is 391 g/mol. The first kappa shape index (κ1) is 18.3. The third-order valence-corrected chi connectivity index (χ3v) is 4.28. The summed E-state index contributed by atoms with van der Waals surface area (Å²) >= 11 is 3.44. The van der Waals surface area contributed by atoms with Crippen molar-refractivity contribution in [3.63, 3.8) is 0 Å². The molecule has 2 aromatic rings. The van der Waals surface area contributed by atoms with Crippen LogP contribution in [0.3, 0.4) is 0 Å². The second-order valence-electron chi connectivity index (χ2n) is 5.67. The van der Waals surface area contributed by atoms with Crippen LogP contribution in [-0.4, -0.2) is 26.2 Å². The van der Waals surface area contributed by atoms with Crippen LogP contribution < -0.4 is 14.8 Å². The second kappa shape index (κ2) is 8.73. The molecule has 0 radical (unpaired) electrons. The molecular weight excluding hydrogens is 370 g/mol. The van der Waals surface area contributed by atoms with Crippen molar-refractivity contribution in [2.45, 2.75) is 25.8 Å². The fraction of sp³-hybridized carbons (Fsp3) is 0.316. The van der Waals surface area contributed by atoms with Crippen molar-refractivity contribution >= 4 is 21.8 Å². The number of benzene rings is 2. The minimum Gasteiger partial charge on any atom is -0.497 e. The van der Waals surface area contributed by atoms with Crippen LogP contribution >= 0.6 is 15.9 Å². The van der Waals surface area contributed by atoms with Gasteiger partial charge in [-0.15, -0.1) is 0 Å². The molecule has 1 atom stereocenters. The smallest absolute Gasteiger partial charge is 0.224 e. The fourth-order valence-electron chi connectivity index (χ4n) is 2.54. The average molecular weight is 392 g/mol. The minimum atomic E-state index is 0.00228. The number of nitrogens with one attached hydrogen (secondary N) is 1. The number of ether oxygens (including phenoxy) is 2. The summed E-state index contributed by atoms with van der Waals surface area (Å²) in [5, 5.41) is 3.04. The Morgan fingerprint density at radius 1 is 1.12 bits per heavy atom. The summed E-state index contributed by atoms with van der Waals surface area (Å²) in [6.07, 6.45) is 1.10. The Morgan fingerprint density at radius 3 is 2.58 bits per heavy atom. The van der Waals surface area contributed by atoms with Gasteiger partial charge >= 0.3 is 0 Å². The van der Waals surface area contributed by atoms with E-state index in [0.717, 1.165) is 33.5 Å². The maximum atomic E-state index is 12.2. The normalized spacial score (nSPS) is 11.7. The molecule has 0 aliphatic heterocycles. The van der Waals surface area contributed by atoms with Crippen molar-refractivity contribution < 1.29 is 14.3 Å². The quantitative estimate of drug-likeness (QED) is 0.781. The number of methoxy groups -OCH3 is 2. The van der Waals surface area contributed by atoms with Crippen molar-refractivity contribution in [2.24, 2.45) is 0 Å². The van der Waals surface area contributed by atoms with Crippen LogP contribution in [0.2, 0.25) is 0 Å². The fourth-order valence-corrected chi connectivity index (χ4v) is 3.12. The topological polar surface area (TPSA) is 47.6 Å². The van der Waals surface area contributed by atoms with Gasteiger partial charge < -0.3 is 14.8 Å². The Morgan fingerprint density at radius 2 is 1.92 bits per heavy atom. The molecule has 2 aromatic carbocycles. The van der Waals surface area contributed by atoms with Gasteiger partial charge in [-0.3, -0.25) is 4.79 Å². The van der Waals surface area contributed by atoms with Crippen LogP contribution in [-0.2, 0) is 17.6 Å². The van der Waals surface area contributed by atoms with Crippen molar-refractivity contribution in [3.05, 3.63) is 58.1 Å². The van der Waals surface area contributed by atoms with E-state index in [0.29, 0.717) is 6.42 Å². The summed E-state index contributed by atoms with van der Waals surface area (Å²) in [6.45, 7) is 2.00. The first-order valence-corrected chi connectivity index (χ1v) is 8.56. The highest BCUT2D eigenvalue weighted by Gasteiger charge is 2.11. The molecule has 1 N–H and O–H groups in total. The molecule has 0 saturated carbocycles. The van der Waals surface area contributed by atoms with Crippen molar-refractivity contribution in [1.29, 1.82) is 0 Å². The molecule has 1 unspecified atom stereocenters. The highest BCUT2D eigenvalue weighted by atomic mass is 79.9. The molecule has 0 spiro atoms. The average Bonchev–Trinajstić information content (AvgIpc) is 2.55. The Balaban J connectivity index is 1.90. The summed E-state index contributed by atoms with van der Waals surface area (Å²) in [7, 11) is 3.27. The molecule has 2 rings (SSSR count). The number of carbonyl (C=O) groups is 1. The zero-order chi connectivity index (χ0) is 17.5. The van der Waals surface area contributed by atoms with E-state index < -0.39 is 0 Å².